The molecule has 170 valence electrons. The minimum Gasteiger partial charge on any atom is -0.497 e. The molecule has 5 rings (SSSR count). The number of carbonyl (C=O) groups is 1. The van der Waals surface area contributed by atoms with E-state index < -0.39 is 0 Å². The number of hydrogen-bond acceptors (Lipinski definition) is 6. The van der Waals surface area contributed by atoms with E-state index in [-0.39, 0.29) is 6.03 Å². The van der Waals surface area contributed by atoms with Gasteiger partial charge >= 0.3 is 6.03 Å². The van der Waals surface area contributed by atoms with Crippen LogP contribution in [-0.4, -0.2) is 70.3 Å². The maximum Gasteiger partial charge on any atom is 0.317 e. The van der Waals surface area contributed by atoms with E-state index in [1.165, 1.54) is 0 Å². The molecular weight excluding hydrogens is 418 g/mol. The summed E-state index contributed by atoms with van der Waals surface area (Å²) in [6, 6.07) is 15.8. The summed E-state index contributed by atoms with van der Waals surface area (Å²) in [6.45, 7) is 5.35. The van der Waals surface area contributed by atoms with Crippen molar-refractivity contribution in [3.05, 3.63) is 48.5 Å². The average molecular weight is 446 g/mol. The van der Waals surface area contributed by atoms with Crippen molar-refractivity contribution in [3.8, 4) is 17.1 Å². The average Bonchev–Trinajstić information content (AvgIpc) is 3.15. The Labute approximate surface area is 192 Å². The molecule has 9 heteroatoms. The number of nitrogens with one attached hydrogen (secondary N) is 1. The molecule has 1 fully saturated rings. The Kier molecular flexibility index (Phi) is 5.68. The number of rotatable bonds is 4. The Morgan fingerprint density at radius 3 is 2.79 bits per heavy atom. The van der Waals surface area contributed by atoms with Crippen LogP contribution in [0.5, 0.6) is 5.75 Å². The lowest BCUT2D eigenvalue weighted by atomic mass is 10.2. The zero-order chi connectivity index (χ0) is 22.8. The van der Waals surface area contributed by atoms with Gasteiger partial charge in [-0.1, -0.05) is 24.3 Å². The lowest BCUT2D eigenvalue weighted by molar-refractivity contribution is 0.202. The summed E-state index contributed by atoms with van der Waals surface area (Å²) in [4.78, 5) is 21.5. The van der Waals surface area contributed by atoms with Crippen LogP contribution in [0.3, 0.4) is 0 Å². The van der Waals surface area contributed by atoms with Gasteiger partial charge in [-0.15, -0.1) is 10.2 Å². The van der Waals surface area contributed by atoms with E-state index in [1.54, 1.807) is 7.11 Å². The van der Waals surface area contributed by atoms with E-state index in [9.17, 15) is 4.79 Å². The van der Waals surface area contributed by atoms with Crippen molar-refractivity contribution in [2.45, 2.75) is 13.3 Å². The van der Waals surface area contributed by atoms with Crippen LogP contribution in [0.4, 0.5) is 10.7 Å². The molecule has 1 saturated heterocycles. The number of carbonyl (C=O) groups excluding carboxylic acids is 1. The van der Waals surface area contributed by atoms with Crippen LogP contribution >= 0.6 is 0 Å². The number of hydrogen-bond donors (Lipinski definition) is 1. The highest BCUT2D eigenvalue weighted by atomic mass is 16.5. The van der Waals surface area contributed by atoms with Crippen LogP contribution in [0.25, 0.3) is 27.9 Å². The summed E-state index contributed by atoms with van der Waals surface area (Å²) in [5.41, 5.74) is 2.53. The van der Waals surface area contributed by atoms with Crippen LogP contribution in [0.1, 0.15) is 13.3 Å². The number of benzene rings is 2. The molecule has 0 unspecified atom stereocenters. The van der Waals surface area contributed by atoms with Gasteiger partial charge < -0.3 is 19.9 Å². The molecule has 2 aromatic heterocycles. The Morgan fingerprint density at radius 2 is 1.94 bits per heavy atom. The zero-order valence-electron chi connectivity index (χ0n) is 18.9. The topological polar surface area (TPSA) is 87.9 Å². The van der Waals surface area contributed by atoms with Gasteiger partial charge in [-0.3, -0.25) is 0 Å². The number of amides is 2. The molecule has 4 aromatic rings. The zero-order valence-corrected chi connectivity index (χ0v) is 18.9. The maximum atomic E-state index is 12.4. The smallest absolute Gasteiger partial charge is 0.317 e. The van der Waals surface area contributed by atoms with Crippen molar-refractivity contribution in [1.82, 2.24) is 29.8 Å². The number of anilines is 1. The van der Waals surface area contributed by atoms with Crippen molar-refractivity contribution in [1.29, 1.82) is 0 Å². The van der Waals surface area contributed by atoms with E-state index in [0.29, 0.717) is 32.0 Å². The number of urea groups is 1. The maximum absolute atomic E-state index is 12.4. The summed E-state index contributed by atoms with van der Waals surface area (Å²) in [5.74, 6) is 2.25. The Morgan fingerprint density at radius 1 is 1.06 bits per heavy atom. The van der Waals surface area contributed by atoms with Crippen molar-refractivity contribution < 1.29 is 9.53 Å². The predicted octanol–water partition coefficient (Wildman–Crippen LogP) is 3.19. The van der Waals surface area contributed by atoms with E-state index in [1.807, 2.05) is 64.8 Å². The minimum absolute atomic E-state index is 0.0164. The van der Waals surface area contributed by atoms with Gasteiger partial charge in [0.05, 0.1) is 12.6 Å². The Hall–Kier alpha value is -3.88. The van der Waals surface area contributed by atoms with Crippen molar-refractivity contribution in [2.75, 3.05) is 44.7 Å². The Balaban J connectivity index is 1.62. The van der Waals surface area contributed by atoms with Crippen LogP contribution in [-0.2, 0) is 0 Å². The van der Waals surface area contributed by atoms with E-state index in [4.69, 9.17) is 9.72 Å². The number of aromatic nitrogens is 4. The van der Waals surface area contributed by atoms with Gasteiger partial charge in [-0.05, 0) is 37.6 Å². The first kappa shape index (κ1) is 21.0. The third-order valence-electron chi connectivity index (χ3n) is 5.95. The van der Waals surface area contributed by atoms with Gasteiger partial charge in [-0.25, -0.2) is 14.2 Å². The summed E-state index contributed by atoms with van der Waals surface area (Å²) < 4.78 is 7.45. The summed E-state index contributed by atoms with van der Waals surface area (Å²) in [5, 5.41) is 13.0. The highest BCUT2D eigenvalue weighted by Gasteiger charge is 2.24. The molecule has 1 aliphatic heterocycles. The third kappa shape index (κ3) is 3.90. The molecule has 0 bridgehead atoms. The van der Waals surface area contributed by atoms with Crippen molar-refractivity contribution in [2.24, 2.45) is 0 Å². The van der Waals surface area contributed by atoms with Gasteiger partial charge in [0.1, 0.15) is 5.75 Å². The fourth-order valence-corrected chi connectivity index (χ4v) is 4.31. The quantitative estimate of drug-likeness (QED) is 0.519. The lowest BCUT2D eigenvalue weighted by Crippen LogP contribution is -2.42. The largest absolute Gasteiger partial charge is 0.497 e. The van der Waals surface area contributed by atoms with Crippen LogP contribution < -0.4 is 15.0 Å². The lowest BCUT2D eigenvalue weighted by Gasteiger charge is -2.24. The molecule has 1 aliphatic rings. The molecule has 3 heterocycles. The number of para-hydroxylation sites is 1. The van der Waals surface area contributed by atoms with E-state index in [2.05, 4.69) is 20.4 Å². The van der Waals surface area contributed by atoms with E-state index >= 15 is 0 Å². The van der Waals surface area contributed by atoms with E-state index in [0.717, 1.165) is 46.8 Å². The SMILES string of the molecule is CCNC(=O)N1CCCN(c2nc3ccccc3c3nnc(-c4cccc(OC)c4)n23)CC1. The summed E-state index contributed by atoms with van der Waals surface area (Å²) in [7, 11) is 1.65. The summed E-state index contributed by atoms with van der Waals surface area (Å²) >= 11 is 0. The molecule has 0 saturated carbocycles. The molecule has 9 nitrogen and oxygen atoms in total. The second-order valence-electron chi connectivity index (χ2n) is 8.01. The van der Waals surface area contributed by atoms with Crippen LogP contribution in [0.2, 0.25) is 0 Å². The monoisotopic (exact) mass is 445 g/mol. The summed E-state index contributed by atoms with van der Waals surface area (Å²) in [6.07, 6.45) is 0.851. The second kappa shape index (κ2) is 8.93. The van der Waals surface area contributed by atoms with Crippen LogP contribution in [0, 0.1) is 0 Å². The first-order valence-corrected chi connectivity index (χ1v) is 11.3. The van der Waals surface area contributed by atoms with Crippen molar-refractivity contribution in [3.63, 3.8) is 0 Å². The van der Waals surface area contributed by atoms with Gasteiger partial charge in [0.25, 0.3) is 0 Å². The third-order valence-corrected chi connectivity index (χ3v) is 5.95. The number of nitrogens with zero attached hydrogens (tertiary/aromatic N) is 6. The molecule has 1 N–H and O–H groups in total. The van der Waals surface area contributed by atoms with Gasteiger partial charge in [0.15, 0.2) is 11.5 Å². The van der Waals surface area contributed by atoms with Gasteiger partial charge in [0.2, 0.25) is 5.95 Å². The van der Waals surface area contributed by atoms with Crippen LogP contribution in [0.15, 0.2) is 48.5 Å². The molecule has 33 heavy (non-hydrogen) atoms. The Bertz CT molecular complexity index is 1300. The van der Waals surface area contributed by atoms with Crippen molar-refractivity contribution >= 4 is 28.5 Å². The molecule has 0 spiro atoms. The van der Waals surface area contributed by atoms with Gasteiger partial charge in [0, 0.05) is 43.7 Å². The standard InChI is InChI=1S/C24H27N7O2/c1-3-25-24(32)30-13-7-12-29(14-15-30)23-26-20-11-5-4-10-19(20)22-28-27-21(31(22)23)17-8-6-9-18(16-17)33-2/h4-6,8-11,16H,3,7,12-15H2,1-2H3,(H,25,32). The normalized spacial score (nSPS) is 14.5. The fraction of sp³-hybridized carbons (Fsp3) is 0.333. The highest BCUT2D eigenvalue weighted by Crippen LogP contribution is 2.30. The first-order chi connectivity index (χ1) is 16.2. The molecule has 0 atom stereocenters. The molecule has 2 amide bonds. The van der Waals surface area contributed by atoms with Gasteiger partial charge in [-0.2, -0.15) is 0 Å². The molecule has 0 aliphatic carbocycles. The first-order valence-electron chi connectivity index (χ1n) is 11.3. The predicted molar refractivity (Wildman–Crippen MR) is 128 cm³/mol. The minimum atomic E-state index is -0.0164. The number of ether oxygens (including phenoxy) is 1. The number of fused-ring (bicyclic) bond motifs is 3. The fourth-order valence-electron chi connectivity index (χ4n) is 4.31. The molecular formula is C24H27N7O2. The molecule has 0 radical (unpaired) electrons. The molecule has 2 aromatic carbocycles. The number of methoxy groups -OCH3 is 1. The highest BCUT2D eigenvalue weighted by molar-refractivity contribution is 5.93. The second-order valence-corrected chi connectivity index (χ2v) is 8.01.